The van der Waals surface area contributed by atoms with Crippen molar-refractivity contribution in [1.29, 1.82) is 0 Å². The van der Waals surface area contributed by atoms with Crippen molar-refractivity contribution in [3.8, 4) is 62.1 Å². The van der Waals surface area contributed by atoms with Crippen LogP contribution in [0.1, 0.15) is 0 Å². The Balaban J connectivity index is 0.954. The molecule has 0 amide bonds. The van der Waals surface area contributed by atoms with Crippen LogP contribution in [0.15, 0.2) is 224 Å². The molecule has 0 saturated carbocycles. The highest BCUT2D eigenvalue weighted by Gasteiger charge is 2.22. The van der Waals surface area contributed by atoms with Gasteiger partial charge in [-0.1, -0.05) is 152 Å². The first-order valence-corrected chi connectivity index (χ1v) is 21.4. The fourth-order valence-corrected chi connectivity index (χ4v) is 9.83. The van der Waals surface area contributed by atoms with Crippen LogP contribution < -0.4 is 0 Å². The van der Waals surface area contributed by atoms with Gasteiger partial charge in [0.1, 0.15) is 11.6 Å². The molecule has 0 aliphatic carbocycles. The molecule has 0 N–H and O–H groups in total. The maximum atomic E-state index is 5.08. The molecule has 5 nitrogen and oxygen atoms in total. The van der Waals surface area contributed by atoms with E-state index in [0.717, 1.165) is 61.9 Å². The van der Waals surface area contributed by atoms with Crippen molar-refractivity contribution in [2.75, 3.05) is 0 Å². The molecule has 13 rings (SSSR count). The molecule has 5 heteroatoms. The Hall–Kier alpha value is -8.54. The SMILES string of the molecule is c1ccc(-c2nc3ccccc3n2-c2ccc(-c3ccc4c5c3ccc3c(-c6ccc(-n7c(-c8ccccc8)nc8ccccc87)cc6)ccc(c35)n4-c3ccccc3)cc2)cc1. The minimum atomic E-state index is 0.933. The van der Waals surface area contributed by atoms with Crippen molar-refractivity contribution in [3.05, 3.63) is 224 Å². The third-order valence-corrected chi connectivity index (χ3v) is 12.7. The van der Waals surface area contributed by atoms with Gasteiger partial charge in [0.05, 0.1) is 33.1 Å². The summed E-state index contributed by atoms with van der Waals surface area (Å²) in [6.45, 7) is 0. The number of rotatable bonds is 7. The highest BCUT2D eigenvalue weighted by Crippen LogP contribution is 2.45. The highest BCUT2D eigenvalue weighted by atomic mass is 15.1. The Morgan fingerprint density at radius 2 is 0.635 bits per heavy atom. The monoisotopic (exact) mass is 803 g/mol. The molecule has 3 aromatic heterocycles. The molecular formula is C58H37N5. The van der Waals surface area contributed by atoms with Gasteiger partial charge in [-0.3, -0.25) is 9.13 Å². The summed E-state index contributed by atoms with van der Waals surface area (Å²) in [5, 5.41) is 5.02. The number of nitrogens with zero attached hydrogens (tertiary/aromatic N) is 5. The maximum absolute atomic E-state index is 5.08. The van der Waals surface area contributed by atoms with Gasteiger partial charge in [-0.2, -0.15) is 0 Å². The lowest BCUT2D eigenvalue weighted by Crippen LogP contribution is -1.97. The lowest BCUT2D eigenvalue weighted by Gasteiger charge is -2.14. The number of para-hydroxylation sites is 5. The summed E-state index contributed by atoms with van der Waals surface area (Å²) in [6, 6.07) is 80.2. The van der Waals surface area contributed by atoms with Gasteiger partial charge < -0.3 is 4.57 Å². The lowest BCUT2D eigenvalue weighted by molar-refractivity contribution is 1.10. The quantitative estimate of drug-likeness (QED) is 0.151. The second-order valence-corrected chi connectivity index (χ2v) is 16.2. The predicted octanol–water partition coefficient (Wildman–Crippen LogP) is 14.7. The maximum Gasteiger partial charge on any atom is 0.145 e. The number of hydrogen-bond donors (Lipinski definition) is 0. The Kier molecular flexibility index (Phi) is 7.84. The van der Waals surface area contributed by atoms with E-state index in [2.05, 4.69) is 226 Å². The van der Waals surface area contributed by atoms with Gasteiger partial charge in [0.25, 0.3) is 0 Å². The number of fused-ring (bicyclic) bond motifs is 2. The third kappa shape index (κ3) is 5.50. The first-order chi connectivity index (χ1) is 31.3. The molecule has 0 radical (unpaired) electrons. The fourth-order valence-electron chi connectivity index (χ4n) is 9.83. The highest BCUT2D eigenvalue weighted by molar-refractivity contribution is 6.28. The molecule has 0 spiro atoms. The van der Waals surface area contributed by atoms with Crippen LogP contribution in [-0.2, 0) is 0 Å². The second-order valence-electron chi connectivity index (χ2n) is 16.2. The van der Waals surface area contributed by atoms with Gasteiger partial charge in [-0.15, -0.1) is 0 Å². The van der Waals surface area contributed by atoms with Crippen molar-refractivity contribution in [1.82, 2.24) is 23.7 Å². The first-order valence-electron chi connectivity index (χ1n) is 21.4. The summed E-state index contributed by atoms with van der Waals surface area (Å²) >= 11 is 0. The van der Waals surface area contributed by atoms with Crippen molar-refractivity contribution in [3.63, 3.8) is 0 Å². The van der Waals surface area contributed by atoms with Crippen molar-refractivity contribution in [2.24, 2.45) is 0 Å². The van der Waals surface area contributed by atoms with Crippen molar-refractivity contribution >= 4 is 54.6 Å². The normalized spacial score (nSPS) is 11.8. The molecule has 294 valence electrons. The zero-order valence-corrected chi connectivity index (χ0v) is 34.1. The Morgan fingerprint density at radius 1 is 0.254 bits per heavy atom. The summed E-state index contributed by atoms with van der Waals surface area (Å²) in [4.78, 5) is 10.2. The van der Waals surface area contributed by atoms with E-state index in [0.29, 0.717) is 0 Å². The smallest absolute Gasteiger partial charge is 0.145 e. The third-order valence-electron chi connectivity index (χ3n) is 12.7. The van der Waals surface area contributed by atoms with E-state index in [9.17, 15) is 0 Å². The van der Waals surface area contributed by atoms with Crippen LogP contribution in [0.2, 0.25) is 0 Å². The van der Waals surface area contributed by atoms with Crippen LogP contribution in [-0.4, -0.2) is 23.7 Å². The van der Waals surface area contributed by atoms with E-state index in [1.54, 1.807) is 0 Å². The molecule has 0 fully saturated rings. The van der Waals surface area contributed by atoms with Gasteiger partial charge in [0.15, 0.2) is 0 Å². The van der Waals surface area contributed by atoms with Crippen molar-refractivity contribution < 1.29 is 0 Å². The Morgan fingerprint density at radius 3 is 1.08 bits per heavy atom. The summed E-state index contributed by atoms with van der Waals surface area (Å²) in [7, 11) is 0. The van der Waals surface area contributed by atoms with Gasteiger partial charge in [-0.25, -0.2) is 9.97 Å². The molecule has 0 unspecified atom stereocenters. The Labute approximate surface area is 363 Å². The summed E-state index contributed by atoms with van der Waals surface area (Å²) in [5.41, 5.74) is 16.7. The molecule has 0 saturated heterocycles. The molecule has 3 heterocycles. The van der Waals surface area contributed by atoms with Gasteiger partial charge >= 0.3 is 0 Å². The standard InChI is InChI=1S/C58H37N5/c1-4-14-40(15-5-1)57-59-49-20-10-12-22-51(49)62(57)43-28-24-38(25-29-43)45-34-36-53-55-47(45)32-33-48-46(35-37-54(56(48)55)61(53)42-18-8-3-9-19-42)39-26-30-44(31-27-39)63-52-23-13-11-21-50(52)60-58(63)41-16-6-2-7-17-41/h1-37H. The van der Waals surface area contributed by atoms with E-state index < -0.39 is 0 Å². The second kappa shape index (κ2) is 14.0. The average Bonchev–Trinajstić information content (AvgIpc) is 4.05. The number of aromatic nitrogens is 5. The topological polar surface area (TPSA) is 40.6 Å². The van der Waals surface area contributed by atoms with Crippen LogP contribution >= 0.6 is 0 Å². The minimum absolute atomic E-state index is 0.933. The molecule has 0 bridgehead atoms. The van der Waals surface area contributed by atoms with E-state index in [1.807, 2.05) is 12.1 Å². The summed E-state index contributed by atoms with van der Waals surface area (Å²) in [6.07, 6.45) is 0. The zero-order valence-electron chi connectivity index (χ0n) is 34.1. The molecule has 0 aliphatic rings. The van der Waals surface area contributed by atoms with Gasteiger partial charge in [0, 0.05) is 39.0 Å². The van der Waals surface area contributed by atoms with Crippen LogP contribution in [0.4, 0.5) is 0 Å². The minimum Gasteiger partial charge on any atom is -0.309 e. The molecule has 10 aromatic carbocycles. The largest absolute Gasteiger partial charge is 0.309 e. The van der Waals surface area contributed by atoms with Crippen LogP contribution in [0.5, 0.6) is 0 Å². The fraction of sp³-hybridized carbons (Fsp3) is 0. The Bertz CT molecular complexity index is 3570. The number of hydrogen-bond acceptors (Lipinski definition) is 2. The predicted molar refractivity (Wildman–Crippen MR) is 260 cm³/mol. The lowest BCUT2D eigenvalue weighted by atomic mass is 9.91. The molecule has 13 aromatic rings. The van der Waals surface area contributed by atoms with Crippen molar-refractivity contribution in [2.45, 2.75) is 0 Å². The first kappa shape index (κ1) is 35.2. The molecule has 0 aliphatic heterocycles. The van der Waals surface area contributed by atoms with E-state index in [-0.39, 0.29) is 0 Å². The van der Waals surface area contributed by atoms with Gasteiger partial charge in [-0.05, 0) is 106 Å². The van der Waals surface area contributed by atoms with Crippen LogP contribution in [0, 0.1) is 0 Å². The van der Waals surface area contributed by atoms with E-state index in [4.69, 9.17) is 9.97 Å². The summed E-state index contributed by atoms with van der Waals surface area (Å²) < 4.78 is 6.97. The molecule has 63 heavy (non-hydrogen) atoms. The van der Waals surface area contributed by atoms with E-state index >= 15 is 0 Å². The van der Waals surface area contributed by atoms with Crippen LogP contribution in [0.3, 0.4) is 0 Å². The number of imidazole rings is 2. The molecular weight excluding hydrogens is 767 g/mol. The zero-order chi connectivity index (χ0) is 41.4. The molecule has 0 atom stereocenters. The summed E-state index contributed by atoms with van der Waals surface area (Å²) in [5.74, 6) is 1.87. The van der Waals surface area contributed by atoms with Crippen LogP contribution in [0.25, 0.3) is 117 Å². The average molecular weight is 804 g/mol. The van der Waals surface area contributed by atoms with Gasteiger partial charge in [0.2, 0.25) is 0 Å². The number of benzene rings is 10. The van der Waals surface area contributed by atoms with E-state index in [1.165, 1.54) is 54.8 Å².